The molecule has 4 rings (SSSR count). The van der Waals surface area contributed by atoms with Crippen LogP contribution in [0.2, 0.25) is 15.1 Å². The number of hydrogen-bond donors (Lipinski definition) is 1. The van der Waals surface area contributed by atoms with Crippen molar-refractivity contribution in [1.29, 1.82) is 0 Å². The van der Waals surface area contributed by atoms with Gasteiger partial charge in [0.1, 0.15) is 36.2 Å². The van der Waals surface area contributed by atoms with Gasteiger partial charge in [-0.15, -0.1) is 0 Å². The van der Waals surface area contributed by atoms with E-state index >= 15 is 0 Å². The normalized spacial score (nSPS) is 11.7. The summed E-state index contributed by atoms with van der Waals surface area (Å²) in [6.45, 7) is 6.04. The minimum absolute atomic E-state index is 0.0308. The Morgan fingerprint density at radius 1 is 0.975 bits per heavy atom. The van der Waals surface area contributed by atoms with E-state index in [0.717, 1.165) is 23.3 Å². The third-order valence-electron chi connectivity index (χ3n) is 5.81. The number of aromatic nitrogens is 1. The first-order valence-corrected chi connectivity index (χ1v) is 13.2. The molecule has 6 nitrogen and oxygen atoms in total. The SMILES string of the molecule is CC(C)(C)c1onc(COc2c(Cl)cc(F)cc2Cl)c1COc1ccc(/C=C/c2cccc(C(=O)O)c2)c(Cl)c1. The molecule has 1 N–H and O–H groups in total. The lowest BCUT2D eigenvalue weighted by molar-refractivity contribution is 0.0697. The van der Waals surface area contributed by atoms with Crippen molar-refractivity contribution in [2.45, 2.75) is 39.4 Å². The average Bonchev–Trinajstić information content (AvgIpc) is 3.30. The lowest BCUT2D eigenvalue weighted by Crippen LogP contribution is -2.14. The standard InChI is InChI=1S/C30H25Cl3FNO5/c1-30(2,3)28-22(26(35-40-28)16-39-27-24(32)12-20(34)13-25(27)33)15-38-21-10-9-18(23(31)14-21)8-7-17-5-4-6-19(11-17)29(36)37/h4-14H,15-16H2,1-3H3,(H,36,37)/b8-7+. The van der Waals surface area contributed by atoms with Crippen LogP contribution in [0, 0.1) is 5.82 Å². The second-order valence-corrected chi connectivity index (χ2v) is 11.1. The summed E-state index contributed by atoms with van der Waals surface area (Å²) in [5.74, 6) is -0.276. The van der Waals surface area contributed by atoms with E-state index in [4.69, 9.17) is 48.8 Å². The number of carboxylic acid groups (broad SMARTS) is 1. The summed E-state index contributed by atoms with van der Waals surface area (Å²) in [4.78, 5) is 11.2. The molecule has 3 aromatic carbocycles. The van der Waals surface area contributed by atoms with Gasteiger partial charge in [0, 0.05) is 5.41 Å². The van der Waals surface area contributed by atoms with E-state index in [2.05, 4.69) is 5.16 Å². The second kappa shape index (κ2) is 12.3. The maximum absolute atomic E-state index is 13.5. The molecule has 10 heteroatoms. The van der Waals surface area contributed by atoms with Gasteiger partial charge in [-0.3, -0.25) is 0 Å². The minimum Gasteiger partial charge on any atom is -0.489 e. The summed E-state index contributed by atoms with van der Waals surface area (Å²) in [7, 11) is 0. The smallest absolute Gasteiger partial charge is 0.335 e. The molecule has 4 aromatic rings. The van der Waals surface area contributed by atoms with Crippen LogP contribution in [0.1, 0.15) is 59.3 Å². The first-order valence-electron chi connectivity index (χ1n) is 12.1. The molecule has 0 radical (unpaired) electrons. The van der Waals surface area contributed by atoms with Crippen LogP contribution in [0.5, 0.6) is 11.5 Å². The molecule has 1 heterocycles. The Kier molecular flexibility index (Phi) is 9.08. The summed E-state index contributed by atoms with van der Waals surface area (Å²) in [5.41, 5.74) is 2.47. The van der Waals surface area contributed by atoms with Gasteiger partial charge in [-0.2, -0.15) is 0 Å². The van der Waals surface area contributed by atoms with Crippen molar-refractivity contribution in [3.63, 3.8) is 0 Å². The fraction of sp³-hybridized carbons (Fsp3) is 0.200. The third kappa shape index (κ3) is 7.16. The maximum atomic E-state index is 13.5. The highest BCUT2D eigenvalue weighted by molar-refractivity contribution is 6.37. The molecular formula is C30H25Cl3FNO5. The fourth-order valence-corrected chi connectivity index (χ4v) is 4.65. The van der Waals surface area contributed by atoms with Crippen LogP contribution >= 0.6 is 34.8 Å². The molecule has 1 aromatic heterocycles. The Morgan fingerprint density at radius 3 is 2.35 bits per heavy atom. The van der Waals surface area contributed by atoms with Crippen LogP contribution in [-0.4, -0.2) is 16.2 Å². The number of ether oxygens (including phenoxy) is 2. The molecule has 0 unspecified atom stereocenters. The lowest BCUT2D eigenvalue weighted by atomic mass is 9.90. The monoisotopic (exact) mass is 603 g/mol. The van der Waals surface area contributed by atoms with Gasteiger partial charge in [0.25, 0.3) is 0 Å². The zero-order valence-electron chi connectivity index (χ0n) is 21.8. The van der Waals surface area contributed by atoms with Gasteiger partial charge in [-0.05, 0) is 53.6 Å². The molecular weight excluding hydrogens is 580 g/mol. The van der Waals surface area contributed by atoms with E-state index in [-0.39, 0.29) is 40.0 Å². The van der Waals surface area contributed by atoms with Crippen molar-refractivity contribution < 1.29 is 28.3 Å². The summed E-state index contributed by atoms with van der Waals surface area (Å²) in [6.07, 6.45) is 3.58. The Hall–Kier alpha value is -3.52. The predicted molar refractivity (Wildman–Crippen MR) is 154 cm³/mol. The van der Waals surface area contributed by atoms with E-state index < -0.39 is 11.8 Å². The number of carbonyl (C=O) groups is 1. The van der Waals surface area contributed by atoms with E-state index in [1.165, 1.54) is 6.07 Å². The highest BCUT2D eigenvalue weighted by atomic mass is 35.5. The summed E-state index contributed by atoms with van der Waals surface area (Å²) in [6, 6.07) is 14.1. The van der Waals surface area contributed by atoms with E-state index in [0.29, 0.717) is 27.8 Å². The van der Waals surface area contributed by atoms with E-state index in [1.54, 1.807) is 48.6 Å². The largest absolute Gasteiger partial charge is 0.489 e. The highest BCUT2D eigenvalue weighted by Gasteiger charge is 2.28. The zero-order valence-corrected chi connectivity index (χ0v) is 24.1. The van der Waals surface area contributed by atoms with Crippen molar-refractivity contribution in [2.75, 3.05) is 0 Å². The molecule has 0 saturated carbocycles. The number of aromatic carboxylic acids is 1. The van der Waals surface area contributed by atoms with Crippen LogP contribution in [0.4, 0.5) is 4.39 Å². The van der Waals surface area contributed by atoms with Crippen LogP contribution in [0.3, 0.4) is 0 Å². The first-order chi connectivity index (χ1) is 18.9. The third-order valence-corrected chi connectivity index (χ3v) is 6.70. The Labute approximate surface area is 245 Å². The van der Waals surface area contributed by atoms with Gasteiger partial charge in [-0.25, -0.2) is 9.18 Å². The molecule has 0 fully saturated rings. The van der Waals surface area contributed by atoms with Crippen LogP contribution in [-0.2, 0) is 18.6 Å². The van der Waals surface area contributed by atoms with Crippen molar-refractivity contribution in [3.8, 4) is 11.5 Å². The maximum Gasteiger partial charge on any atom is 0.335 e. The lowest BCUT2D eigenvalue weighted by Gasteiger charge is -2.17. The first kappa shape index (κ1) is 29.5. The second-order valence-electron chi connectivity index (χ2n) is 9.91. The number of benzene rings is 3. The summed E-state index contributed by atoms with van der Waals surface area (Å²) in [5, 5.41) is 13.9. The number of hydrogen-bond acceptors (Lipinski definition) is 5. The van der Waals surface area contributed by atoms with Gasteiger partial charge in [0.05, 0.1) is 26.2 Å². The quantitative estimate of drug-likeness (QED) is 0.192. The van der Waals surface area contributed by atoms with Gasteiger partial charge in [-0.1, -0.05) is 85.0 Å². The number of carboxylic acids is 1. The van der Waals surface area contributed by atoms with Gasteiger partial charge in [0.2, 0.25) is 0 Å². The molecule has 0 aliphatic heterocycles. The van der Waals surface area contributed by atoms with Crippen molar-refractivity contribution in [3.05, 3.63) is 109 Å². The molecule has 0 spiro atoms. The molecule has 40 heavy (non-hydrogen) atoms. The van der Waals surface area contributed by atoms with Crippen LogP contribution in [0.15, 0.2) is 59.1 Å². The van der Waals surface area contributed by atoms with Crippen molar-refractivity contribution in [2.24, 2.45) is 0 Å². The number of halogens is 4. The predicted octanol–water partition coefficient (Wildman–Crippen LogP) is 9.10. The van der Waals surface area contributed by atoms with E-state index in [1.807, 2.05) is 20.8 Å². The van der Waals surface area contributed by atoms with Crippen molar-refractivity contribution in [1.82, 2.24) is 5.16 Å². The molecule has 0 saturated heterocycles. The van der Waals surface area contributed by atoms with Crippen LogP contribution in [0.25, 0.3) is 12.2 Å². The van der Waals surface area contributed by atoms with Gasteiger partial charge >= 0.3 is 5.97 Å². The summed E-state index contributed by atoms with van der Waals surface area (Å²) < 4.78 is 31.0. The molecule has 0 atom stereocenters. The number of nitrogens with zero attached hydrogens (tertiary/aromatic N) is 1. The highest BCUT2D eigenvalue weighted by Crippen LogP contribution is 2.36. The number of rotatable bonds is 9. The topological polar surface area (TPSA) is 81.8 Å². The van der Waals surface area contributed by atoms with Crippen LogP contribution < -0.4 is 9.47 Å². The van der Waals surface area contributed by atoms with Gasteiger partial charge in [0.15, 0.2) is 5.75 Å². The van der Waals surface area contributed by atoms with Crippen molar-refractivity contribution >= 4 is 52.9 Å². The van der Waals surface area contributed by atoms with E-state index in [9.17, 15) is 14.3 Å². The molecule has 208 valence electrons. The van der Waals surface area contributed by atoms with Gasteiger partial charge < -0.3 is 19.1 Å². The molecule has 0 amide bonds. The Bertz CT molecular complexity index is 1550. The molecule has 0 aliphatic rings. The Balaban J connectivity index is 1.50. The fourth-order valence-electron chi connectivity index (χ4n) is 3.85. The molecule has 0 aliphatic carbocycles. The molecule has 0 bridgehead atoms. The minimum atomic E-state index is -0.991. The zero-order chi connectivity index (χ0) is 29.0. The summed E-state index contributed by atoms with van der Waals surface area (Å²) >= 11 is 18.7. The Morgan fingerprint density at radius 2 is 1.70 bits per heavy atom. The average molecular weight is 605 g/mol.